The molecule has 9 heteroatoms. The van der Waals surface area contributed by atoms with E-state index in [2.05, 4.69) is 50.3 Å². The minimum Gasteiger partial charge on any atom is -0.545 e. The van der Waals surface area contributed by atoms with Gasteiger partial charge in [0.15, 0.2) is 12.4 Å². The average Bonchev–Trinajstić information content (AvgIpc) is 3.24. The summed E-state index contributed by atoms with van der Waals surface area (Å²) in [7, 11) is 5.91. The molecule has 0 bridgehead atoms. The maximum atomic E-state index is 12.8. The average molecular weight is 890 g/mol. The molecule has 0 saturated carbocycles. The van der Waals surface area contributed by atoms with Crippen molar-refractivity contribution in [1.29, 1.82) is 0 Å². The van der Waals surface area contributed by atoms with Crippen molar-refractivity contribution in [3.63, 3.8) is 0 Å². The lowest BCUT2D eigenvalue weighted by molar-refractivity contribution is -0.870. The van der Waals surface area contributed by atoms with E-state index in [1.165, 1.54) is 141 Å². The first-order valence-electron chi connectivity index (χ1n) is 26.1. The second-order valence-corrected chi connectivity index (χ2v) is 18.8. The number of carbonyl (C=O) groups excluding carboxylic acids is 3. The fourth-order valence-electron chi connectivity index (χ4n) is 7.27. The second kappa shape index (κ2) is 46.1. The van der Waals surface area contributed by atoms with Gasteiger partial charge in [0, 0.05) is 12.8 Å². The third-order valence-electron chi connectivity index (χ3n) is 11.4. The van der Waals surface area contributed by atoms with Gasteiger partial charge in [-0.2, -0.15) is 0 Å². The molecule has 0 saturated heterocycles. The van der Waals surface area contributed by atoms with E-state index in [1.54, 1.807) is 0 Å². The second-order valence-electron chi connectivity index (χ2n) is 18.8. The number of esters is 2. The minimum atomic E-state index is -1.62. The number of likely N-dealkylation sites (N-methyl/N-ethyl adjacent to an activating group) is 1. The lowest BCUT2D eigenvalue weighted by atomic mass is 10.0. The number of carboxylic acid groups (broad SMARTS) is 1. The quantitative estimate of drug-likeness (QED) is 0.0195. The first-order valence-corrected chi connectivity index (χ1v) is 26.1. The molecule has 0 aliphatic carbocycles. The summed E-state index contributed by atoms with van der Waals surface area (Å²) in [5, 5.41) is 11.7. The third kappa shape index (κ3) is 47.3. The largest absolute Gasteiger partial charge is 0.545 e. The molecular formula is C54H99NO8. The number of aliphatic carboxylic acids is 1. The summed E-state index contributed by atoms with van der Waals surface area (Å²) in [6.45, 7) is 4.72. The third-order valence-corrected chi connectivity index (χ3v) is 11.4. The molecule has 0 aliphatic heterocycles. The summed E-state index contributed by atoms with van der Waals surface area (Å²) in [5.74, 6) is -2.29. The van der Waals surface area contributed by atoms with Crippen molar-refractivity contribution < 1.29 is 42.9 Å². The maximum Gasteiger partial charge on any atom is 0.306 e. The highest BCUT2D eigenvalue weighted by molar-refractivity contribution is 5.70. The lowest BCUT2D eigenvalue weighted by Crippen LogP contribution is -2.44. The fourth-order valence-corrected chi connectivity index (χ4v) is 7.27. The van der Waals surface area contributed by atoms with Gasteiger partial charge in [0.05, 0.1) is 40.3 Å². The number of rotatable bonds is 48. The van der Waals surface area contributed by atoms with Gasteiger partial charge in [0.25, 0.3) is 0 Å². The van der Waals surface area contributed by atoms with Crippen LogP contribution in [0.2, 0.25) is 0 Å². The zero-order chi connectivity index (χ0) is 46.3. The van der Waals surface area contributed by atoms with Crippen molar-refractivity contribution >= 4 is 17.9 Å². The first kappa shape index (κ1) is 60.5. The molecule has 0 aromatic rings. The topological polar surface area (TPSA) is 111 Å². The molecule has 368 valence electrons. The predicted molar refractivity (Wildman–Crippen MR) is 260 cm³/mol. The van der Waals surface area contributed by atoms with Gasteiger partial charge >= 0.3 is 11.9 Å². The summed E-state index contributed by atoms with van der Waals surface area (Å²) < 4.78 is 22.6. The molecule has 2 unspecified atom stereocenters. The van der Waals surface area contributed by atoms with Crippen LogP contribution in [-0.4, -0.2) is 82.3 Å². The van der Waals surface area contributed by atoms with Gasteiger partial charge in [-0.25, -0.2) is 0 Å². The summed E-state index contributed by atoms with van der Waals surface area (Å²) >= 11 is 0. The van der Waals surface area contributed by atoms with Gasteiger partial charge in [-0.15, -0.1) is 0 Å². The molecule has 0 heterocycles. The number of quaternary nitrogens is 1. The molecular weight excluding hydrogens is 791 g/mol. The van der Waals surface area contributed by atoms with Crippen LogP contribution in [0.4, 0.5) is 0 Å². The molecule has 0 radical (unpaired) electrons. The van der Waals surface area contributed by atoms with Gasteiger partial charge in [0.1, 0.15) is 13.2 Å². The van der Waals surface area contributed by atoms with Gasteiger partial charge in [-0.1, -0.05) is 185 Å². The van der Waals surface area contributed by atoms with Crippen molar-refractivity contribution in [3.8, 4) is 0 Å². The summed E-state index contributed by atoms with van der Waals surface area (Å²) in [4.78, 5) is 37.1. The monoisotopic (exact) mass is 890 g/mol. The number of allylic oxidation sites excluding steroid dienone is 6. The maximum absolute atomic E-state index is 12.8. The molecule has 0 fully saturated rings. The van der Waals surface area contributed by atoms with E-state index in [0.717, 1.165) is 57.8 Å². The van der Waals surface area contributed by atoms with E-state index in [4.69, 9.17) is 18.9 Å². The van der Waals surface area contributed by atoms with E-state index in [0.29, 0.717) is 17.4 Å². The van der Waals surface area contributed by atoms with Crippen LogP contribution in [0.3, 0.4) is 0 Å². The van der Waals surface area contributed by atoms with Crippen LogP contribution in [0.25, 0.3) is 0 Å². The van der Waals surface area contributed by atoms with Gasteiger partial charge in [-0.3, -0.25) is 9.59 Å². The van der Waals surface area contributed by atoms with Crippen molar-refractivity contribution in [1.82, 2.24) is 0 Å². The fraction of sp³-hybridized carbons (Fsp3) is 0.833. The van der Waals surface area contributed by atoms with E-state index >= 15 is 0 Å². The van der Waals surface area contributed by atoms with Crippen LogP contribution in [0.15, 0.2) is 36.5 Å². The summed E-state index contributed by atoms with van der Waals surface area (Å²) in [6, 6.07) is 0. The van der Waals surface area contributed by atoms with Crippen LogP contribution in [0.5, 0.6) is 0 Å². The van der Waals surface area contributed by atoms with Gasteiger partial charge in [-0.05, 0) is 70.6 Å². The Hall–Kier alpha value is -2.49. The molecule has 0 aromatic heterocycles. The lowest BCUT2D eigenvalue weighted by Gasteiger charge is -2.26. The van der Waals surface area contributed by atoms with Crippen molar-refractivity contribution in [2.45, 2.75) is 245 Å². The smallest absolute Gasteiger partial charge is 0.306 e. The van der Waals surface area contributed by atoms with Crippen molar-refractivity contribution in [3.05, 3.63) is 36.5 Å². The molecule has 0 amide bonds. The summed E-state index contributed by atoms with van der Waals surface area (Å²) in [5.41, 5.74) is 0. The Balaban J connectivity index is 4.25. The molecule has 0 rings (SSSR count). The van der Waals surface area contributed by atoms with Gasteiger partial charge in [0.2, 0.25) is 0 Å². The van der Waals surface area contributed by atoms with Crippen LogP contribution >= 0.6 is 0 Å². The highest BCUT2D eigenvalue weighted by atomic mass is 16.7. The Morgan fingerprint density at radius 3 is 1.29 bits per heavy atom. The van der Waals surface area contributed by atoms with Crippen LogP contribution < -0.4 is 5.11 Å². The standard InChI is InChI=1S/C54H99NO8/c1-6-8-10-12-14-16-18-20-21-22-23-24-25-26-27-28-29-30-31-33-35-37-39-41-43-45-52(57)63-50(49-62-54(53(58)59)60-47-46-55(3,4)5)48-61-51(56)44-42-40-38-36-34-32-19-17-15-13-11-9-7-2/h17-20,22-23,50,54H,6-16,21,24-49H2,1-5H3/b19-17-,20-18-,23-22-. The van der Waals surface area contributed by atoms with Crippen LogP contribution in [0.1, 0.15) is 232 Å². The number of hydrogen-bond donors (Lipinski definition) is 0. The molecule has 63 heavy (non-hydrogen) atoms. The van der Waals surface area contributed by atoms with E-state index < -0.39 is 24.3 Å². The summed E-state index contributed by atoms with van der Waals surface area (Å²) in [6.07, 6.45) is 50.4. The zero-order valence-electron chi connectivity index (χ0n) is 41.7. The highest BCUT2D eigenvalue weighted by Crippen LogP contribution is 2.15. The molecule has 0 aliphatic rings. The Morgan fingerprint density at radius 2 is 0.857 bits per heavy atom. The Morgan fingerprint density at radius 1 is 0.476 bits per heavy atom. The Kier molecular flexibility index (Phi) is 44.2. The SMILES string of the molecule is CCCCCC/C=C\CCCCCCCC(=O)OCC(COC(OCC[N+](C)(C)C)C(=O)[O-])OC(=O)CCCCCCCCCCCCCCC/C=C\C/C=C\CCCCCCC. The normalized spacial score (nSPS) is 13.1. The number of ether oxygens (including phenoxy) is 4. The van der Waals surface area contributed by atoms with Crippen LogP contribution in [-0.2, 0) is 33.3 Å². The number of nitrogens with zero attached hydrogens (tertiary/aromatic N) is 1. The van der Waals surface area contributed by atoms with Crippen molar-refractivity contribution in [2.24, 2.45) is 0 Å². The van der Waals surface area contributed by atoms with Gasteiger partial charge < -0.3 is 33.3 Å². The highest BCUT2D eigenvalue weighted by Gasteiger charge is 2.22. The predicted octanol–water partition coefficient (Wildman–Crippen LogP) is 13.2. The molecule has 9 nitrogen and oxygen atoms in total. The van der Waals surface area contributed by atoms with E-state index in [-0.39, 0.29) is 38.6 Å². The molecule has 2 atom stereocenters. The van der Waals surface area contributed by atoms with E-state index in [1.807, 2.05) is 21.1 Å². The number of carbonyl (C=O) groups is 3. The number of unbranched alkanes of at least 4 members (excludes halogenated alkanes) is 27. The Labute approximate surface area is 388 Å². The molecule has 0 aromatic carbocycles. The number of carboxylic acids is 1. The molecule has 0 N–H and O–H groups in total. The Bertz CT molecular complexity index is 1130. The van der Waals surface area contributed by atoms with Crippen LogP contribution in [0, 0.1) is 0 Å². The minimum absolute atomic E-state index is 0.147. The zero-order valence-corrected chi connectivity index (χ0v) is 41.7. The molecule has 0 spiro atoms. The van der Waals surface area contributed by atoms with E-state index in [9.17, 15) is 19.5 Å². The van der Waals surface area contributed by atoms with Crippen molar-refractivity contribution in [2.75, 3.05) is 47.5 Å². The number of hydrogen-bond acceptors (Lipinski definition) is 8. The first-order chi connectivity index (χ1) is 30.6.